The highest BCUT2D eigenvalue weighted by molar-refractivity contribution is 6.07. The van der Waals surface area contributed by atoms with Gasteiger partial charge < -0.3 is 10.1 Å². The Morgan fingerprint density at radius 3 is 2.44 bits per heavy atom. The van der Waals surface area contributed by atoms with Crippen LogP contribution in [0, 0.1) is 11.3 Å². The molecule has 2 heterocycles. The number of hydrogen-bond donors (Lipinski definition) is 1. The number of carbonyl (C=O) groups is 2. The van der Waals surface area contributed by atoms with Crippen LogP contribution in [0.5, 0.6) is 0 Å². The first-order valence-corrected chi connectivity index (χ1v) is 9.62. The van der Waals surface area contributed by atoms with Crippen LogP contribution < -0.4 is 5.32 Å². The maximum Gasteiger partial charge on any atom is 0.326 e. The lowest BCUT2D eigenvalue weighted by atomic mass is 9.67. The smallest absolute Gasteiger partial charge is 0.326 e. The Hall–Kier alpha value is -1.14. The fraction of sp³-hybridized carbons (Fsp3) is 0.895. The predicted octanol–water partition coefficient (Wildman–Crippen LogP) is 2.58. The summed E-state index contributed by atoms with van der Waals surface area (Å²) in [4.78, 5) is 29.2. The number of morpholine rings is 1. The highest BCUT2D eigenvalue weighted by Crippen LogP contribution is 2.43. The highest BCUT2D eigenvalue weighted by atomic mass is 16.5. The van der Waals surface area contributed by atoms with Gasteiger partial charge in [0.05, 0.1) is 19.4 Å². The first-order chi connectivity index (χ1) is 11.6. The molecule has 0 radical (unpaired) electrons. The number of rotatable bonds is 2. The fourth-order valence-electron chi connectivity index (χ4n) is 4.47. The average Bonchev–Trinajstić information content (AvgIpc) is 2.75. The van der Waals surface area contributed by atoms with Crippen LogP contribution in [0.3, 0.4) is 0 Å². The van der Waals surface area contributed by atoms with E-state index in [2.05, 4.69) is 37.9 Å². The molecule has 2 saturated heterocycles. The third kappa shape index (κ3) is 3.56. The Morgan fingerprint density at radius 1 is 1.20 bits per heavy atom. The maximum absolute atomic E-state index is 13.1. The maximum atomic E-state index is 13.1. The summed E-state index contributed by atoms with van der Waals surface area (Å²) in [7, 11) is 0. The second kappa shape index (κ2) is 6.54. The Bertz CT molecular complexity index is 535. The van der Waals surface area contributed by atoms with E-state index < -0.39 is 5.54 Å². The number of carbonyl (C=O) groups excluding carboxylic acids is 2. The molecule has 1 N–H and O–H groups in total. The van der Waals surface area contributed by atoms with Gasteiger partial charge in [0.1, 0.15) is 5.54 Å². The van der Waals surface area contributed by atoms with Gasteiger partial charge in [-0.15, -0.1) is 0 Å². The second-order valence-electron chi connectivity index (χ2n) is 9.29. The molecule has 0 aromatic heterocycles. The Balaban J connectivity index is 1.67. The SMILES string of the molecule is CC1CN(CN2C(=O)NC3(CCC(C(C)(C)C)CC3)C2=O)C(C)CO1. The third-order valence-corrected chi connectivity index (χ3v) is 6.37. The molecule has 3 amide bonds. The zero-order valence-electron chi connectivity index (χ0n) is 16.3. The van der Waals surface area contributed by atoms with Crippen molar-refractivity contribution in [3.63, 3.8) is 0 Å². The van der Waals surface area contributed by atoms with E-state index in [1.165, 1.54) is 4.90 Å². The van der Waals surface area contributed by atoms with Crippen LogP contribution in [0.4, 0.5) is 4.79 Å². The van der Waals surface area contributed by atoms with Gasteiger partial charge in [0.15, 0.2) is 0 Å². The molecule has 0 aromatic rings. The van der Waals surface area contributed by atoms with Crippen LogP contribution in [0.2, 0.25) is 0 Å². The standard InChI is InChI=1S/C19H33N3O3/c1-13-11-25-14(2)10-21(13)12-22-16(23)19(20-17(22)24)8-6-15(7-9-19)18(3,4)5/h13-15H,6-12H2,1-5H3,(H,20,24). The number of amides is 3. The van der Waals surface area contributed by atoms with Crippen LogP contribution in [0.25, 0.3) is 0 Å². The summed E-state index contributed by atoms with van der Waals surface area (Å²) >= 11 is 0. The first kappa shape index (κ1) is 18.6. The minimum absolute atomic E-state index is 0.0313. The summed E-state index contributed by atoms with van der Waals surface area (Å²) in [5.41, 5.74) is -0.410. The third-order valence-electron chi connectivity index (χ3n) is 6.37. The van der Waals surface area contributed by atoms with Crippen LogP contribution in [0.15, 0.2) is 0 Å². The molecule has 0 aromatic carbocycles. The van der Waals surface area contributed by atoms with Gasteiger partial charge in [0, 0.05) is 12.6 Å². The molecule has 6 heteroatoms. The Kier molecular flexibility index (Phi) is 4.88. The number of urea groups is 1. The number of hydrogen-bond acceptors (Lipinski definition) is 4. The van der Waals surface area contributed by atoms with Crippen molar-refractivity contribution in [3.05, 3.63) is 0 Å². The van der Waals surface area contributed by atoms with Gasteiger partial charge in [-0.05, 0) is 50.9 Å². The molecule has 2 unspecified atom stereocenters. The van der Waals surface area contributed by atoms with E-state index in [-0.39, 0.29) is 29.5 Å². The predicted molar refractivity (Wildman–Crippen MR) is 96.0 cm³/mol. The van der Waals surface area contributed by atoms with Crippen LogP contribution in [-0.2, 0) is 9.53 Å². The lowest BCUT2D eigenvalue weighted by Crippen LogP contribution is -2.54. The van der Waals surface area contributed by atoms with Gasteiger partial charge in [0.2, 0.25) is 0 Å². The van der Waals surface area contributed by atoms with E-state index in [0.29, 0.717) is 19.2 Å². The molecule has 6 nitrogen and oxygen atoms in total. The summed E-state index contributed by atoms with van der Waals surface area (Å²) < 4.78 is 5.65. The molecule has 2 atom stereocenters. The van der Waals surface area contributed by atoms with Crippen molar-refractivity contribution < 1.29 is 14.3 Å². The van der Waals surface area contributed by atoms with Crippen molar-refractivity contribution in [2.24, 2.45) is 11.3 Å². The highest BCUT2D eigenvalue weighted by Gasteiger charge is 2.53. The van der Waals surface area contributed by atoms with Crippen molar-refractivity contribution in [1.82, 2.24) is 15.1 Å². The molecule has 1 saturated carbocycles. The van der Waals surface area contributed by atoms with Crippen LogP contribution >= 0.6 is 0 Å². The molecule has 1 aliphatic carbocycles. The van der Waals surface area contributed by atoms with Crippen molar-refractivity contribution >= 4 is 11.9 Å². The second-order valence-corrected chi connectivity index (χ2v) is 9.29. The lowest BCUT2D eigenvalue weighted by Gasteiger charge is -2.41. The zero-order chi connectivity index (χ0) is 18.4. The summed E-state index contributed by atoms with van der Waals surface area (Å²) in [6, 6.07) is -0.0180. The van der Waals surface area contributed by atoms with Gasteiger partial charge in [-0.2, -0.15) is 0 Å². The topological polar surface area (TPSA) is 61.9 Å². The lowest BCUT2D eigenvalue weighted by molar-refractivity contribution is -0.136. The van der Waals surface area contributed by atoms with Gasteiger partial charge in [0.25, 0.3) is 5.91 Å². The van der Waals surface area contributed by atoms with Gasteiger partial charge in [-0.3, -0.25) is 9.69 Å². The van der Waals surface area contributed by atoms with Crippen molar-refractivity contribution in [2.45, 2.75) is 78.0 Å². The molecule has 142 valence electrons. The van der Waals surface area contributed by atoms with Crippen molar-refractivity contribution in [3.8, 4) is 0 Å². The Labute approximate surface area is 151 Å². The van der Waals surface area contributed by atoms with E-state index in [1.807, 2.05) is 6.92 Å². The molecule has 2 aliphatic heterocycles. The molecule has 3 fully saturated rings. The summed E-state index contributed by atoms with van der Waals surface area (Å²) in [6.07, 6.45) is 3.63. The van der Waals surface area contributed by atoms with Gasteiger partial charge in [-0.25, -0.2) is 9.69 Å². The summed E-state index contributed by atoms with van der Waals surface area (Å²) in [5.74, 6) is 0.577. The normalized spacial score (nSPS) is 37.6. The van der Waals surface area contributed by atoms with E-state index in [9.17, 15) is 9.59 Å². The average molecular weight is 351 g/mol. The van der Waals surface area contributed by atoms with Gasteiger partial charge >= 0.3 is 6.03 Å². The van der Waals surface area contributed by atoms with Gasteiger partial charge in [-0.1, -0.05) is 20.8 Å². The molecular weight excluding hydrogens is 318 g/mol. The molecule has 3 rings (SSSR count). The molecule has 0 bridgehead atoms. The minimum atomic E-state index is -0.667. The van der Waals surface area contributed by atoms with E-state index >= 15 is 0 Å². The van der Waals surface area contributed by atoms with Crippen molar-refractivity contribution in [2.75, 3.05) is 19.8 Å². The molecule has 3 aliphatic rings. The minimum Gasteiger partial charge on any atom is -0.376 e. The van der Waals surface area contributed by atoms with Crippen LogP contribution in [0.1, 0.15) is 60.3 Å². The largest absolute Gasteiger partial charge is 0.376 e. The van der Waals surface area contributed by atoms with E-state index in [1.54, 1.807) is 0 Å². The first-order valence-electron chi connectivity index (χ1n) is 9.62. The number of nitrogens with zero attached hydrogens (tertiary/aromatic N) is 2. The van der Waals surface area contributed by atoms with E-state index in [0.717, 1.165) is 32.2 Å². The summed E-state index contributed by atoms with van der Waals surface area (Å²) in [5, 5.41) is 3.04. The zero-order valence-corrected chi connectivity index (χ0v) is 16.3. The molecule has 1 spiro atoms. The number of imide groups is 1. The molecule has 25 heavy (non-hydrogen) atoms. The Morgan fingerprint density at radius 2 is 1.84 bits per heavy atom. The molecular formula is C19H33N3O3. The number of nitrogens with one attached hydrogen (secondary N) is 1. The van der Waals surface area contributed by atoms with E-state index in [4.69, 9.17) is 4.74 Å². The fourth-order valence-corrected chi connectivity index (χ4v) is 4.47. The summed E-state index contributed by atoms with van der Waals surface area (Å²) in [6.45, 7) is 12.6. The number of ether oxygens (including phenoxy) is 1. The van der Waals surface area contributed by atoms with Crippen molar-refractivity contribution in [1.29, 1.82) is 0 Å². The quantitative estimate of drug-likeness (QED) is 0.777. The van der Waals surface area contributed by atoms with Crippen LogP contribution in [-0.4, -0.2) is 59.2 Å². The monoisotopic (exact) mass is 351 g/mol.